The molecule has 4 aliphatic rings. The predicted octanol–water partition coefficient (Wildman–Crippen LogP) is 7.13. The topological polar surface area (TPSA) is 0 Å². The van der Waals surface area contributed by atoms with Gasteiger partial charge in [0, 0.05) is 0 Å². The Morgan fingerprint density at radius 2 is 1.32 bits per heavy atom. The Labute approximate surface area is 154 Å². The molecule has 4 saturated carbocycles. The van der Waals surface area contributed by atoms with Crippen molar-refractivity contribution in [2.75, 3.05) is 0 Å². The van der Waals surface area contributed by atoms with E-state index in [0.717, 1.165) is 35.5 Å². The highest BCUT2D eigenvalue weighted by Crippen LogP contribution is 2.52. The molecule has 0 amide bonds. The molecule has 1 aromatic rings. The summed E-state index contributed by atoms with van der Waals surface area (Å²) in [4.78, 5) is 0. The molecule has 136 valence electrons. The van der Waals surface area contributed by atoms with E-state index in [2.05, 4.69) is 24.3 Å². The SMILES string of the molecule is c1ccc([C@@H]2CCC3CCCCC32)c(C[C@@H]2CCC3CCCCC32)c1. The van der Waals surface area contributed by atoms with Gasteiger partial charge in [0.05, 0.1) is 0 Å². The van der Waals surface area contributed by atoms with Crippen LogP contribution in [0.25, 0.3) is 0 Å². The van der Waals surface area contributed by atoms with E-state index in [4.69, 9.17) is 0 Å². The maximum atomic E-state index is 2.52. The normalized spacial score (nSPS) is 40.6. The zero-order chi connectivity index (χ0) is 16.6. The van der Waals surface area contributed by atoms with Crippen molar-refractivity contribution in [1.29, 1.82) is 0 Å². The van der Waals surface area contributed by atoms with Crippen molar-refractivity contribution >= 4 is 0 Å². The van der Waals surface area contributed by atoms with Crippen LogP contribution in [0.1, 0.15) is 94.1 Å². The van der Waals surface area contributed by atoms with Crippen molar-refractivity contribution in [3.8, 4) is 0 Å². The number of hydrogen-bond acceptors (Lipinski definition) is 0. The number of hydrogen-bond donors (Lipinski definition) is 0. The lowest BCUT2D eigenvalue weighted by atomic mass is 9.73. The van der Waals surface area contributed by atoms with Crippen LogP contribution in [0.2, 0.25) is 0 Å². The molecule has 25 heavy (non-hydrogen) atoms. The van der Waals surface area contributed by atoms with Crippen LogP contribution >= 0.6 is 0 Å². The van der Waals surface area contributed by atoms with E-state index in [0.29, 0.717) is 0 Å². The molecule has 0 heterocycles. The van der Waals surface area contributed by atoms with Gasteiger partial charge in [-0.25, -0.2) is 0 Å². The van der Waals surface area contributed by atoms with E-state index in [-0.39, 0.29) is 0 Å². The molecule has 0 nitrogen and oxygen atoms in total. The molecule has 0 N–H and O–H groups in total. The fourth-order valence-electron chi connectivity index (χ4n) is 7.59. The average Bonchev–Trinajstić information content (AvgIpc) is 3.27. The molecule has 4 unspecified atom stereocenters. The van der Waals surface area contributed by atoms with Gasteiger partial charge in [-0.2, -0.15) is 0 Å². The third-order valence-electron chi connectivity index (χ3n) is 8.75. The smallest absolute Gasteiger partial charge is 0.0128 e. The second kappa shape index (κ2) is 7.09. The Morgan fingerprint density at radius 1 is 0.640 bits per heavy atom. The molecule has 1 aromatic carbocycles. The van der Waals surface area contributed by atoms with Gasteiger partial charge in [0.25, 0.3) is 0 Å². The second-order valence-electron chi connectivity index (χ2n) is 9.84. The van der Waals surface area contributed by atoms with Crippen molar-refractivity contribution in [3.05, 3.63) is 35.4 Å². The van der Waals surface area contributed by atoms with E-state index >= 15 is 0 Å². The summed E-state index contributed by atoms with van der Waals surface area (Å²) in [6, 6.07) is 9.67. The predicted molar refractivity (Wildman–Crippen MR) is 106 cm³/mol. The summed E-state index contributed by atoms with van der Waals surface area (Å²) in [5.74, 6) is 6.11. The summed E-state index contributed by atoms with van der Waals surface area (Å²) in [7, 11) is 0. The standard InChI is InChI=1S/C25H36/c1-4-10-22-18(7-1)13-14-21(22)17-20-9-3-6-12-24(20)25-16-15-19-8-2-5-11-23(19)25/h3,6,9,12,18-19,21-23,25H,1-2,4-5,7-8,10-11,13-17H2/t18?,19?,21-,22?,23?,25+/m0/s1. The summed E-state index contributed by atoms with van der Waals surface area (Å²) in [6.07, 6.45) is 19.5. The lowest BCUT2D eigenvalue weighted by Crippen LogP contribution is -2.22. The lowest BCUT2D eigenvalue weighted by Gasteiger charge is -2.32. The monoisotopic (exact) mass is 336 g/mol. The number of fused-ring (bicyclic) bond motifs is 2. The molecule has 0 saturated heterocycles. The van der Waals surface area contributed by atoms with Crippen LogP contribution in [-0.4, -0.2) is 0 Å². The number of benzene rings is 1. The van der Waals surface area contributed by atoms with Crippen molar-refractivity contribution in [3.63, 3.8) is 0 Å². The zero-order valence-corrected chi connectivity index (χ0v) is 16.0. The van der Waals surface area contributed by atoms with Crippen LogP contribution in [0, 0.1) is 29.6 Å². The first-order valence-electron chi connectivity index (χ1n) is 11.5. The van der Waals surface area contributed by atoms with Crippen molar-refractivity contribution in [1.82, 2.24) is 0 Å². The van der Waals surface area contributed by atoms with Crippen LogP contribution in [0.15, 0.2) is 24.3 Å². The summed E-state index contributed by atoms with van der Waals surface area (Å²) in [5, 5.41) is 0. The second-order valence-corrected chi connectivity index (χ2v) is 9.84. The third kappa shape index (κ3) is 3.08. The maximum absolute atomic E-state index is 2.52. The van der Waals surface area contributed by atoms with Gasteiger partial charge in [-0.1, -0.05) is 62.8 Å². The van der Waals surface area contributed by atoms with Gasteiger partial charge in [-0.05, 0) is 91.6 Å². The first-order chi connectivity index (χ1) is 12.4. The molecule has 0 aromatic heterocycles. The first-order valence-corrected chi connectivity index (χ1v) is 11.5. The van der Waals surface area contributed by atoms with Gasteiger partial charge in [-0.15, -0.1) is 0 Å². The zero-order valence-electron chi connectivity index (χ0n) is 16.0. The van der Waals surface area contributed by atoms with E-state index < -0.39 is 0 Å². The van der Waals surface area contributed by atoms with Crippen LogP contribution in [0.4, 0.5) is 0 Å². The van der Waals surface area contributed by atoms with Crippen molar-refractivity contribution in [2.45, 2.75) is 89.4 Å². The summed E-state index contributed by atoms with van der Waals surface area (Å²) in [6.45, 7) is 0. The lowest BCUT2D eigenvalue weighted by molar-refractivity contribution is 0.226. The van der Waals surface area contributed by atoms with Crippen LogP contribution in [0.3, 0.4) is 0 Å². The molecule has 6 atom stereocenters. The molecule has 4 fully saturated rings. The Balaban J connectivity index is 1.36. The summed E-state index contributed by atoms with van der Waals surface area (Å²) >= 11 is 0. The van der Waals surface area contributed by atoms with Gasteiger partial charge in [0.1, 0.15) is 0 Å². The minimum Gasteiger partial charge on any atom is -0.0620 e. The largest absolute Gasteiger partial charge is 0.0620 e. The number of rotatable bonds is 3. The average molecular weight is 337 g/mol. The van der Waals surface area contributed by atoms with Gasteiger partial charge in [-0.3, -0.25) is 0 Å². The minimum absolute atomic E-state index is 0.894. The molecule has 0 bridgehead atoms. The van der Waals surface area contributed by atoms with Crippen LogP contribution in [0.5, 0.6) is 0 Å². The maximum Gasteiger partial charge on any atom is -0.0128 e. The van der Waals surface area contributed by atoms with Gasteiger partial charge < -0.3 is 0 Å². The minimum atomic E-state index is 0.894. The first kappa shape index (κ1) is 16.4. The fourth-order valence-corrected chi connectivity index (χ4v) is 7.59. The molecular weight excluding hydrogens is 300 g/mol. The summed E-state index contributed by atoms with van der Waals surface area (Å²) < 4.78 is 0. The molecule has 5 rings (SSSR count). The Hall–Kier alpha value is -0.780. The van der Waals surface area contributed by atoms with E-state index in [1.54, 1.807) is 11.1 Å². The van der Waals surface area contributed by atoms with Crippen LogP contribution < -0.4 is 0 Å². The fraction of sp³-hybridized carbons (Fsp3) is 0.760. The Morgan fingerprint density at radius 3 is 2.20 bits per heavy atom. The molecule has 0 heteroatoms. The Kier molecular flexibility index (Phi) is 4.65. The van der Waals surface area contributed by atoms with E-state index in [1.807, 2.05) is 0 Å². The quantitative estimate of drug-likeness (QED) is 0.550. The molecule has 0 aliphatic heterocycles. The van der Waals surface area contributed by atoms with Crippen molar-refractivity contribution in [2.24, 2.45) is 29.6 Å². The summed E-state index contributed by atoms with van der Waals surface area (Å²) in [5.41, 5.74) is 3.52. The highest BCUT2D eigenvalue weighted by atomic mass is 14.5. The third-order valence-corrected chi connectivity index (χ3v) is 8.75. The molecule has 0 spiro atoms. The van der Waals surface area contributed by atoms with Crippen LogP contribution in [-0.2, 0) is 6.42 Å². The van der Waals surface area contributed by atoms with Gasteiger partial charge >= 0.3 is 0 Å². The molecule has 4 aliphatic carbocycles. The van der Waals surface area contributed by atoms with Gasteiger partial charge in [0.15, 0.2) is 0 Å². The molecule has 0 radical (unpaired) electrons. The van der Waals surface area contributed by atoms with E-state index in [1.165, 1.54) is 83.5 Å². The van der Waals surface area contributed by atoms with Gasteiger partial charge in [0.2, 0.25) is 0 Å². The van der Waals surface area contributed by atoms with Crippen molar-refractivity contribution < 1.29 is 0 Å². The highest BCUT2D eigenvalue weighted by Gasteiger charge is 2.40. The Bertz CT molecular complexity index is 587. The highest BCUT2D eigenvalue weighted by molar-refractivity contribution is 5.33. The van der Waals surface area contributed by atoms with E-state index in [9.17, 15) is 0 Å². The molecular formula is C25H36.